The van der Waals surface area contributed by atoms with Gasteiger partial charge in [-0.05, 0) is 104 Å². The number of carbonyl (C=O) groups is 2. The summed E-state index contributed by atoms with van der Waals surface area (Å²) in [7, 11) is 0. The first-order chi connectivity index (χ1) is 17.3. The van der Waals surface area contributed by atoms with Crippen molar-refractivity contribution in [2.75, 3.05) is 6.54 Å². The maximum Gasteiger partial charge on any atom is 0.237 e. The minimum absolute atomic E-state index is 0.103. The summed E-state index contributed by atoms with van der Waals surface area (Å²) < 4.78 is 14.5. The zero-order chi connectivity index (χ0) is 25.1. The van der Waals surface area contributed by atoms with E-state index in [9.17, 15) is 14.0 Å². The Morgan fingerprint density at radius 1 is 1.11 bits per heavy atom. The number of aromatic nitrogens is 1. The number of carbonyl (C=O) groups excluding carboxylic acids is 2. The molecule has 2 aromatic rings. The summed E-state index contributed by atoms with van der Waals surface area (Å²) in [5.41, 5.74) is 7.63. The molecule has 1 amide bonds. The van der Waals surface area contributed by atoms with Gasteiger partial charge in [-0.3, -0.25) is 14.6 Å². The number of ketones is 1. The fourth-order valence-corrected chi connectivity index (χ4v) is 8.18. The van der Waals surface area contributed by atoms with Gasteiger partial charge >= 0.3 is 0 Å². The molecular formula is C29H33ClFN3O2. The van der Waals surface area contributed by atoms with Crippen LogP contribution in [0.4, 0.5) is 4.39 Å². The Kier molecular flexibility index (Phi) is 5.95. The average molecular weight is 510 g/mol. The third kappa shape index (κ3) is 4.16. The fraction of sp³-hybridized carbons (Fsp3) is 0.552. The van der Waals surface area contributed by atoms with E-state index in [1.54, 1.807) is 24.5 Å². The zero-order valence-electron chi connectivity index (χ0n) is 20.4. The molecule has 5 aliphatic carbocycles. The number of nitrogens with one attached hydrogen (secondary N) is 1. The highest BCUT2D eigenvalue weighted by atomic mass is 35.5. The Hall–Kier alpha value is -2.31. The second-order valence-corrected chi connectivity index (χ2v) is 12.4. The van der Waals surface area contributed by atoms with Crippen LogP contribution in [0.2, 0.25) is 5.02 Å². The van der Waals surface area contributed by atoms with Crippen LogP contribution in [0.5, 0.6) is 0 Å². The van der Waals surface area contributed by atoms with Crippen molar-refractivity contribution in [2.24, 2.45) is 34.8 Å². The molecule has 3 atom stereocenters. The summed E-state index contributed by atoms with van der Waals surface area (Å²) in [5, 5.41) is 3.44. The van der Waals surface area contributed by atoms with Crippen LogP contribution in [-0.4, -0.2) is 29.3 Å². The van der Waals surface area contributed by atoms with Crippen LogP contribution >= 0.6 is 11.6 Å². The van der Waals surface area contributed by atoms with E-state index in [0.29, 0.717) is 47.1 Å². The normalized spacial score (nSPS) is 32.2. The highest BCUT2D eigenvalue weighted by Crippen LogP contribution is 2.63. The summed E-state index contributed by atoms with van der Waals surface area (Å²) in [5.74, 6) is 1.14. The summed E-state index contributed by atoms with van der Waals surface area (Å²) in [6.45, 7) is 0.386. The highest BCUT2D eigenvalue weighted by Gasteiger charge is 2.59. The van der Waals surface area contributed by atoms with Crippen LogP contribution in [0.25, 0.3) is 0 Å². The molecule has 5 fully saturated rings. The molecule has 0 saturated heterocycles. The molecule has 3 N–H and O–H groups in total. The van der Waals surface area contributed by atoms with Crippen LogP contribution in [0.3, 0.4) is 0 Å². The number of nitrogens with zero attached hydrogens (tertiary/aromatic N) is 1. The van der Waals surface area contributed by atoms with Gasteiger partial charge in [0.2, 0.25) is 5.91 Å². The van der Waals surface area contributed by atoms with Crippen molar-refractivity contribution in [3.63, 3.8) is 0 Å². The molecule has 1 aromatic heterocycles. The lowest BCUT2D eigenvalue weighted by molar-refractivity contribution is -0.153. The van der Waals surface area contributed by atoms with E-state index in [-0.39, 0.29) is 28.5 Å². The molecule has 4 bridgehead atoms. The van der Waals surface area contributed by atoms with Crippen molar-refractivity contribution in [1.82, 2.24) is 10.3 Å². The number of rotatable bonds is 8. The predicted octanol–water partition coefficient (Wildman–Crippen LogP) is 4.60. The summed E-state index contributed by atoms with van der Waals surface area (Å²) in [6.07, 6.45) is 10.4. The van der Waals surface area contributed by atoms with Crippen molar-refractivity contribution in [1.29, 1.82) is 0 Å². The van der Waals surface area contributed by atoms with Crippen LogP contribution in [0.1, 0.15) is 56.1 Å². The first-order valence-corrected chi connectivity index (χ1v) is 13.6. The van der Waals surface area contributed by atoms with Crippen LogP contribution < -0.4 is 11.1 Å². The SMILES string of the molecule is NC(C(=O)NCC1(c2ccc(Cl)cc2F)CC1)C1C2CC3CC1CC(C(=O)Cc1ccncc1)(C3)C2. The van der Waals surface area contributed by atoms with Crippen LogP contribution in [-0.2, 0) is 21.4 Å². The molecule has 1 aromatic carbocycles. The predicted molar refractivity (Wildman–Crippen MR) is 136 cm³/mol. The molecule has 1 heterocycles. The minimum atomic E-state index is -0.599. The van der Waals surface area contributed by atoms with E-state index in [1.165, 1.54) is 6.07 Å². The van der Waals surface area contributed by atoms with E-state index in [4.69, 9.17) is 17.3 Å². The van der Waals surface area contributed by atoms with Crippen LogP contribution in [0.15, 0.2) is 42.7 Å². The van der Waals surface area contributed by atoms with E-state index in [2.05, 4.69) is 10.3 Å². The quantitative estimate of drug-likeness (QED) is 0.544. The Labute approximate surface area is 216 Å². The molecule has 7 rings (SSSR count). The fourth-order valence-electron chi connectivity index (χ4n) is 8.03. The lowest BCUT2D eigenvalue weighted by Crippen LogP contribution is -2.61. The number of hydrogen-bond donors (Lipinski definition) is 2. The average Bonchev–Trinajstić information content (AvgIpc) is 3.63. The Balaban J connectivity index is 1.12. The van der Waals surface area contributed by atoms with Crippen molar-refractivity contribution in [3.05, 3.63) is 64.7 Å². The van der Waals surface area contributed by atoms with Gasteiger partial charge in [-0.1, -0.05) is 17.7 Å². The molecule has 5 saturated carbocycles. The number of halogens is 2. The Morgan fingerprint density at radius 3 is 2.44 bits per heavy atom. The number of amides is 1. The zero-order valence-corrected chi connectivity index (χ0v) is 21.1. The van der Waals surface area contributed by atoms with Gasteiger partial charge in [0.25, 0.3) is 0 Å². The molecule has 190 valence electrons. The topological polar surface area (TPSA) is 85.1 Å². The molecule has 0 spiro atoms. The summed E-state index contributed by atoms with van der Waals surface area (Å²) in [6, 6.07) is 8.02. The van der Waals surface area contributed by atoms with Crippen LogP contribution in [0, 0.1) is 34.9 Å². The molecule has 36 heavy (non-hydrogen) atoms. The van der Waals surface area contributed by atoms with Gasteiger partial charge < -0.3 is 11.1 Å². The van der Waals surface area contributed by atoms with E-state index in [0.717, 1.165) is 50.5 Å². The van der Waals surface area contributed by atoms with Gasteiger partial charge in [-0.2, -0.15) is 0 Å². The van der Waals surface area contributed by atoms with Crippen molar-refractivity contribution >= 4 is 23.3 Å². The molecule has 3 unspecified atom stereocenters. The smallest absolute Gasteiger partial charge is 0.237 e. The Morgan fingerprint density at radius 2 is 1.81 bits per heavy atom. The van der Waals surface area contributed by atoms with Crippen molar-refractivity contribution in [2.45, 2.75) is 62.8 Å². The van der Waals surface area contributed by atoms with Gasteiger partial charge in [0.1, 0.15) is 11.6 Å². The summed E-state index contributed by atoms with van der Waals surface area (Å²) >= 11 is 5.92. The number of pyridine rings is 1. The van der Waals surface area contributed by atoms with Gasteiger partial charge in [-0.25, -0.2) is 4.39 Å². The molecule has 0 aliphatic heterocycles. The first kappa shape index (κ1) is 24.1. The minimum Gasteiger partial charge on any atom is -0.354 e. The lowest BCUT2D eigenvalue weighted by atomic mass is 9.44. The maximum atomic E-state index is 14.5. The van der Waals surface area contributed by atoms with Gasteiger partial charge in [0, 0.05) is 41.2 Å². The second-order valence-electron chi connectivity index (χ2n) is 11.9. The third-order valence-electron chi connectivity index (χ3n) is 9.73. The number of benzene rings is 1. The molecule has 5 aliphatic rings. The highest BCUT2D eigenvalue weighted by molar-refractivity contribution is 6.30. The maximum absolute atomic E-state index is 14.5. The summed E-state index contributed by atoms with van der Waals surface area (Å²) in [4.78, 5) is 30.8. The van der Waals surface area contributed by atoms with E-state index in [1.807, 2.05) is 12.1 Å². The van der Waals surface area contributed by atoms with Gasteiger partial charge in [0.15, 0.2) is 0 Å². The monoisotopic (exact) mass is 509 g/mol. The molecule has 7 heteroatoms. The van der Waals surface area contributed by atoms with Gasteiger partial charge in [-0.15, -0.1) is 0 Å². The first-order valence-electron chi connectivity index (χ1n) is 13.2. The molecule has 5 nitrogen and oxygen atoms in total. The molecule has 0 radical (unpaired) electrons. The number of nitrogens with two attached hydrogens (primary N) is 1. The Bertz CT molecular complexity index is 1170. The van der Waals surface area contributed by atoms with E-state index < -0.39 is 6.04 Å². The standard InChI is InChI=1S/C29H33ClFN3O2/c30-21-1-2-22(23(31)12-21)28(5-6-28)16-34-27(36)26(32)25-19-9-18-10-20(25)15-29(13-18,14-19)24(35)11-17-3-7-33-8-4-17/h1-4,7-8,12,18-20,25-26H,5-6,9-11,13-16,32H2,(H,34,36). The second kappa shape index (κ2) is 8.91. The van der Waals surface area contributed by atoms with E-state index >= 15 is 0 Å². The number of hydrogen-bond acceptors (Lipinski definition) is 4. The van der Waals surface area contributed by atoms with Crippen molar-refractivity contribution in [3.8, 4) is 0 Å². The number of Topliss-reactive ketones (excluding diaryl/α,β-unsaturated/α-hetero) is 1. The van der Waals surface area contributed by atoms with Gasteiger partial charge in [0.05, 0.1) is 6.04 Å². The largest absolute Gasteiger partial charge is 0.354 e. The van der Waals surface area contributed by atoms with Crippen molar-refractivity contribution < 1.29 is 14.0 Å². The lowest BCUT2D eigenvalue weighted by Gasteiger charge is -2.60. The molecular weight excluding hydrogens is 477 g/mol. The third-order valence-corrected chi connectivity index (χ3v) is 9.96.